The van der Waals surface area contributed by atoms with E-state index >= 15 is 0 Å². The van der Waals surface area contributed by atoms with Crippen molar-refractivity contribution in [2.24, 2.45) is 5.92 Å². The van der Waals surface area contributed by atoms with Crippen molar-refractivity contribution >= 4 is 11.7 Å². The zero-order chi connectivity index (χ0) is 7.56. The van der Waals surface area contributed by atoms with Gasteiger partial charge in [0.2, 0.25) is 0 Å². The van der Waals surface area contributed by atoms with Crippen LogP contribution in [0.3, 0.4) is 0 Å². The van der Waals surface area contributed by atoms with Crippen LogP contribution in [0.5, 0.6) is 0 Å². The summed E-state index contributed by atoms with van der Waals surface area (Å²) in [6, 6.07) is 0. The maximum Gasteiger partial charge on any atom is 0.314 e. The van der Waals surface area contributed by atoms with Gasteiger partial charge >= 0.3 is 5.97 Å². The average Bonchev–Trinajstić information content (AvgIpc) is 2.34. The second kappa shape index (κ2) is 2.82. The fraction of sp³-hybridized carbons (Fsp3) is 0.714. The molecular formula is C7H11NO2. The molecule has 10 heavy (non-hydrogen) atoms. The van der Waals surface area contributed by atoms with E-state index in [2.05, 4.69) is 4.74 Å². The lowest BCUT2D eigenvalue weighted by Crippen LogP contribution is -2.19. The average molecular weight is 141 g/mol. The van der Waals surface area contributed by atoms with Gasteiger partial charge in [0.05, 0.1) is 13.0 Å². The van der Waals surface area contributed by atoms with Crippen LogP contribution in [0.1, 0.15) is 19.3 Å². The minimum atomic E-state index is -0.248. The van der Waals surface area contributed by atoms with Gasteiger partial charge in [-0.05, 0) is 19.3 Å². The fourth-order valence-electron chi connectivity index (χ4n) is 1.25. The second-order valence-electron chi connectivity index (χ2n) is 2.49. The van der Waals surface area contributed by atoms with Gasteiger partial charge in [0, 0.05) is 5.71 Å². The van der Waals surface area contributed by atoms with Crippen LogP contribution in [0.2, 0.25) is 0 Å². The first-order valence-corrected chi connectivity index (χ1v) is 3.41. The van der Waals surface area contributed by atoms with Crippen molar-refractivity contribution in [2.45, 2.75) is 19.3 Å². The molecule has 3 nitrogen and oxygen atoms in total. The van der Waals surface area contributed by atoms with Crippen molar-refractivity contribution in [1.82, 2.24) is 0 Å². The van der Waals surface area contributed by atoms with Crippen LogP contribution in [-0.4, -0.2) is 18.8 Å². The van der Waals surface area contributed by atoms with E-state index in [9.17, 15) is 4.79 Å². The van der Waals surface area contributed by atoms with Crippen LogP contribution in [0.15, 0.2) is 0 Å². The minimum Gasteiger partial charge on any atom is -0.469 e. The quantitative estimate of drug-likeness (QED) is 0.553. The van der Waals surface area contributed by atoms with Gasteiger partial charge in [-0.25, -0.2) is 0 Å². The van der Waals surface area contributed by atoms with Gasteiger partial charge < -0.3 is 10.1 Å². The van der Waals surface area contributed by atoms with Gasteiger partial charge in [-0.1, -0.05) is 0 Å². The van der Waals surface area contributed by atoms with Gasteiger partial charge in [-0.15, -0.1) is 0 Å². The number of methoxy groups -OCH3 is 1. The van der Waals surface area contributed by atoms with Crippen molar-refractivity contribution in [1.29, 1.82) is 5.41 Å². The number of nitrogens with one attached hydrogen (secondary N) is 1. The Morgan fingerprint density at radius 3 is 2.90 bits per heavy atom. The van der Waals surface area contributed by atoms with E-state index in [4.69, 9.17) is 5.41 Å². The van der Waals surface area contributed by atoms with Crippen molar-refractivity contribution in [2.75, 3.05) is 7.11 Å². The first-order valence-electron chi connectivity index (χ1n) is 3.41. The third-order valence-corrected chi connectivity index (χ3v) is 1.85. The number of carbonyl (C=O) groups is 1. The van der Waals surface area contributed by atoms with Crippen LogP contribution in [0.4, 0.5) is 0 Å². The monoisotopic (exact) mass is 141 g/mol. The molecule has 1 fully saturated rings. The van der Waals surface area contributed by atoms with Crippen LogP contribution >= 0.6 is 0 Å². The number of hydrogen-bond donors (Lipinski definition) is 1. The maximum atomic E-state index is 10.9. The lowest BCUT2D eigenvalue weighted by molar-refractivity contribution is -0.142. The van der Waals surface area contributed by atoms with Crippen LogP contribution < -0.4 is 0 Å². The minimum absolute atomic E-state index is 0.231. The highest BCUT2D eigenvalue weighted by molar-refractivity contribution is 6.01. The Labute approximate surface area is 59.9 Å². The highest BCUT2D eigenvalue weighted by Gasteiger charge is 2.28. The summed E-state index contributed by atoms with van der Waals surface area (Å²) in [5.74, 6) is -0.479. The second-order valence-corrected chi connectivity index (χ2v) is 2.49. The highest BCUT2D eigenvalue weighted by Crippen LogP contribution is 2.22. The summed E-state index contributed by atoms with van der Waals surface area (Å²) in [6.45, 7) is 0. The topological polar surface area (TPSA) is 50.2 Å². The predicted octanol–water partition coefficient (Wildman–Crippen LogP) is 0.979. The van der Waals surface area contributed by atoms with E-state index < -0.39 is 0 Å². The molecule has 0 radical (unpaired) electrons. The molecule has 0 aliphatic heterocycles. The summed E-state index contributed by atoms with van der Waals surface area (Å²) < 4.78 is 4.52. The molecule has 1 aliphatic rings. The summed E-state index contributed by atoms with van der Waals surface area (Å²) in [4.78, 5) is 10.9. The van der Waals surface area contributed by atoms with Gasteiger partial charge in [0.1, 0.15) is 0 Å². The van der Waals surface area contributed by atoms with Crippen molar-refractivity contribution in [3.05, 3.63) is 0 Å². The summed E-state index contributed by atoms with van der Waals surface area (Å²) in [6.07, 6.45) is 2.52. The fourth-order valence-corrected chi connectivity index (χ4v) is 1.25. The third kappa shape index (κ3) is 1.17. The zero-order valence-electron chi connectivity index (χ0n) is 6.02. The maximum absolute atomic E-state index is 10.9. The van der Waals surface area contributed by atoms with Crippen molar-refractivity contribution in [3.8, 4) is 0 Å². The molecule has 0 aromatic carbocycles. The molecule has 1 aliphatic carbocycles. The summed E-state index contributed by atoms with van der Waals surface area (Å²) >= 11 is 0. The molecule has 0 aromatic rings. The molecule has 1 unspecified atom stereocenters. The molecule has 0 spiro atoms. The third-order valence-electron chi connectivity index (χ3n) is 1.85. The Balaban J connectivity index is 2.55. The molecule has 56 valence electrons. The van der Waals surface area contributed by atoms with Crippen molar-refractivity contribution in [3.63, 3.8) is 0 Å². The Hall–Kier alpha value is -0.860. The SMILES string of the molecule is COC(=O)C1CCCC1=N. The van der Waals surface area contributed by atoms with Crippen LogP contribution in [-0.2, 0) is 9.53 Å². The molecule has 1 atom stereocenters. The molecule has 0 bridgehead atoms. The molecule has 0 heterocycles. The van der Waals surface area contributed by atoms with Gasteiger partial charge in [-0.2, -0.15) is 0 Å². The van der Waals surface area contributed by atoms with E-state index in [-0.39, 0.29) is 11.9 Å². The predicted molar refractivity (Wildman–Crippen MR) is 37.1 cm³/mol. The number of rotatable bonds is 1. The Morgan fingerprint density at radius 2 is 2.50 bits per heavy atom. The number of carbonyl (C=O) groups excluding carboxylic acids is 1. The van der Waals surface area contributed by atoms with Gasteiger partial charge in [-0.3, -0.25) is 4.79 Å². The molecule has 0 saturated heterocycles. The summed E-state index contributed by atoms with van der Waals surface area (Å²) in [5.41, 5.74) is 0.534. The number of esters is 1. The number of hydrogen-bond acceptors (Lipinski definition) is 3. The number of ether oxygens (including phenoxy) is 1. The standard InChI is InChI=1S/C7H11NO2/c1-10-7(9)5-3-2-4-6(5)8/h5,8H,2-4H2,1H3. The van der Waals surface area contributed by atoms with E-state index in [1.54, 1.807) is 0 Å². The largest absolute Gasteiger partial charge is 0.469 e. The van der Waals surface area contributed by atoms with Crippen LogP contribution in [0.25, 0.3) is 0 Å². The normalized spacial score (nSPS) is 24.9. The molecule has 0 aromatic heterocycles. The van der Waals surface area contributed by atoms with E-state index in [0.29, 0.717) is 5.71 Å². The van der Waals surface area contributed by atoms with Crippen molar-refractivity contribution < 1.29 is 9.53 Å². The Morgan fingerprint density at radius 1 is 1.80 bits per heavy atom. The molecular weight excluding hydrogens is 130 g/mol. The summed E-state index contributed by atoms with van der Waals surface area (Å²) in [7, 11) is 1.37. The van der Waals surface area contributed by atoms with Crippen LogP contribution in [0, 0.1) is 11.3 Å². The summed E-state index contributed by atoms with van der Waals surface area (Å²) in [5, 5.41) is 7.34. The lowest BCUT2D eigenvalue weighted by atomic mass is 10.1. The van der Waals surface area contributed by atoms with E-state index in [1.165, 1.54) is 7.11 Å². The molecule has 1 saturated carbocycles. The molecule has 0 amide bonds. The lowest BCUT2D eigenvalue weighted by Gasteiger charge is -2.04. The van der Waals surface area contributed by atoms with Gasteiger partial charge in [0.15, 0.2) is 0 Å². The van der Waals surface area contributed by atoms with E-state index in [0.717, 1.165) is 19.3 Å². The Bertz CT molecular complexity index is 165. The smallest absolute Gasteiger partial charge is 0.314 e. The zero-order valence-corrected chi connectivity index (χ0v) is 6.02. The molecule has 1 rings (SSSR count). The van der Waals surface area contributed by atoms with E-state index in [1.807, 2.05) is 0 Å². The first-order chi connectivity index (χ1) is 4.75. The Kier molecular flexibility index (Phi) is 2.04. The van der Waals surface area contributed by atoms with Gasteiger partial charge in [0.25, 0.3) is 0 Å². The highest BCUT2D eigenvalue weighted by atomic mass is 16.5. The first kappa shape index (κ1) is 7.25. The molecule has 1 N–H and O–H groups in total. The molecule has 3 heteroatoms.